The number of amides is 1. The van der Waals surface area contributed by atoms with E-state index in [1.807, 2.05) is 13.0 Å². The number of pyridine rings is 1. The van der Waals surface area contributed by atoms with Crippen molar-refractivity contribution in [1.29, 1.82) is 5.26 Å². The van der Waals surface area contributed by atoms with Crippen molar-refractivity contribution in [3.8, 4) is 6.07 Å². The number of carbonyl (C=O) groups is 1. The second kappa shape index (κ2) is 5.72. The second-order valence-electron chi connectivity index (χ2n) is 4.35. The van der Waals surface area contributed by atoms with E-state index in [0.717, 1.165) is 5.69 Å². The first-order chi connectivity index (χ1) is 9.51. The molecule has 0 spiro atoms. The minimum atomic E-state index is -0.299. The van der Waals surface area contributed by atoms with Crippen LogP contribution in [0.15, 0.2) is 30.3 Å². The van der Waals surface area contributed by atoms with Crippen molar-refractivity contribution >= 4 is 23.2 Å². The molecule has 100 valence electrons. The standard InChI is InChI=1S/C15H12ClN3O/c1-9-3-5-12(10(2)18-9)15(20)19-14-7-11(8-17)4-6-13(14)16/h3-7H,1-2H3,(H,19,20). The van der Waals surface area contributed by atoms with Gasteiger partial charge >= 0.3 is 0 Å². The van der Waals surface area contributed by atoms with Crippen LogP contribution >= 0.6 is 11.6 Å². The van der Waals surface area contributed by atoms with E-state index in [0.29, 0.717) is 27.5 Å². The van der Waals surface area contributed by atoms with Gasteiger partial charge in [0.05, 0.1) is 33.6 Å². The minimum absolute atomic E-state index is 0.299. The quantitative estimate of drug-likeness (QED) is 0.918. The summed E-state index contributed by atoms with van der Waals surface area (Å²) in [4.78, 5) is 16.5. The van der Waals surface area contributed by atoms with E-state index >= 15 is 0 Å². The Hall–Kier alpha value is -2.38. The lowest BCUT2D eigenvalue weighted by atomic mass is 10.1. The third-order valence-electron chi connectivity index (χ3n) is 2.81. The fourth-order valence-corrected chi connectivity index (χ4v) is 1.97. The zero-order valence-electron chi connectivity index (χ0n) is 11.1. The van der Waals surface area contributed by atoms with E-state index in [1.165, 1.54) is 6.07 Å². The van der Waals surface area contributed by atoms with Crippen molar-refractivity contribution in [3.05, 3.63) is 57.9 Å². The number of nitrogens with zero attached hydrogens (tertiary/aromatic N) is 2. The predicted octanol–water partition coefficient (Wildman–Crippen LogP) is 3.48. The molecule has 1 amide bonds. The van der Waals surface area contributed by atoms with Crippen LogP contribution < -0.4 is 5.32 Å². The van der Waals surface area contributed by atoms with Crippen LogP contribution in [0.3, 0.4) is 0 Å². The van der Waals surface area contributed by atoms with Gasteiger partial charge < -0.3 is 5.32 Å². The zero-order chi connectivity index (χ0) is 14.7. The molecule has 2 aromatic rings. The number of hydrogen-bond donors (Lipinski definition) is 1. The number of benzene rings is 1. The summed E-state index contributed by atoms with van der Waals surface area (Å²) in [6, 6.07) is 10.2. The normalized spacial score (nSPS) is 9.90. The Balaban J connectivity index is 2.30. The summed E-state index contributed by atoms with van der Waals surface area (Å²) in [7, 11) is 0. The number of rotatable bonds is 2. The molecule has 1 aromatic heterocycles. The van der Waals surface area contributed by atoms with Crippen molar-refractivity contribution in [2.24, 2.45) is 0 Å². The Morgan fingerprint density at radius 1 is 1.30 bits per heavy atom. The number of carbonyl (C=O) groups excluding carboxylic acids is 1. The van der Waals surface area contributed by atoms with E-state index in [1.54, 1.807) is 31.2 Å². The average Bonchev–Trinajstić information content (AvgIpc) is 2.41. The molecule has 5 heteroatoms. The van der Waals surface area contributed by atoms with Crippen LogP contribution in [-0.4, -0.2) is 10.9 Å². The van der Waals surface area contributed by atoms with Crippen LogP contribution in [0.1, 0.15) is 27.3 Å². The molecule has 0 aliphatic rings. The van der Waals surface area contributed by atoms with Crippen LogP contribution in [-0.2, 0) is 0 Å². The number of aromatic nitrogens is 1. The van der Waals surface area contributed by atoms with Crippen molar-refractivity contribution in [3.63, 3.8) is 0 Å². The lowest BCUT2D eigenvalue weighted by molar-refractivity contribution is 0.102. The zero-order valence-corrected chi connectivity index (χ0v) is 11.8. The van der Waals surface area contributed by atoms with E-state index in [4.69, 9.17) is 16.9 Å². The molecule has 1 aromatic carbocycles. The summed E-state index contributed by atoms with van der Waals surface area (Å²) >= 11 is 6.01. The summed E-state index contributed by atoms with van der Waals surface area (Å²) < 4.78 is 0. The van der Waals surface area contributed by atoms with Gasteiger partial charge in [0.1, 0.15) is 0 Å². The van der Waals surface area contributed by atoms with Crippen molar-refractivity contribution in [1.82, 2.24) is 4.98 Å². The number of aryl methyl sites for hydroxylation is 2. The Morgan fingerprint density at radius 2 is 2.05 bits per heavy atom. The van der Waals surface area contributed by atoms with Crippen molar-refractivity contribution in [2.45, 2.75) is 13.8 Å². The van der Waals surface area contributed by atoms with E-state index in [-0.39, 0.29) is 5.91 Å². The number of halogens is 1. The summed E-state index contributed by atoms with van der Waals surface area (Å²) in [5, 5.41) is 11.9. The first-order valence-corrected chi connectivity index (χ1v) is 6.34. The average molecular weight is 286 g/mol. The molecule has 0 aliphatic heterocycles. The minimum Gasteiger partial charge on any atom is -0.321 e. The summed E-state index contributed by atoms with van der Waals surface area (Å²) in [6.07, 6.45) is 0. The van der Waals surface area contributed by atoms with Gasteiger partial charge in [-0.05, 0) is 44.2 Å². The topological polar surface area (TPSA) is 65.8 Å². The van der Waals surface area contributed by atoms with E-state index in [2.05, 4.69) is 10.3 Å². The first-order valence-electron chi connectivity index (χ1n) is 5.96. The molecule has 0 atom stereocenters. The van der Waals surface area contributed by atoms with Gasteiger partial charge in [0.25, 0.3) is 5.91 Å². The lowest BCUT2D eigenvalue weighted by Gasteiger charge is -2.09. The first kappa shape index (κ1) is 14.0. The lowest BCUT2D eigenvalue weighted by Crippen LogP contribution is -2.14. The predicted molar refractivity (Wildman–Crippen MR) is 77.8 cm³/mol. The van der Waals surface area contributed by atoms with Gasteiger partial charge in [0, 0.05) is 5.69 Å². The van der Waals surface area contributed by atoms with Gasteiger partial charge in [-0.25, -0.2) is 0 Å². The van der Waals surface area contributed by atoms with Gasteiger partial charge in [-0.3, -0.25) is 9.78 Å². The molecular formula is C15H12ClN3O. The monoisotopic (exact) mass is 285 g/mol. The van der Waals surface area contributed by atoms with Gasteiger partial charge in [0.2, 0.25) is 0 Å². The van der Waals surface area contributed by atoms with Crippen molar-refractivity contribution < 1.29 is 4.79 Å². The Morgan fingerprint density at radius 3 is 2.70 bits per heavy atom. The molecular weight excluding hydrogens is 274 g/mol. The molecule has 0 saturated carbocycles. The third kappa shape index (κ3) is 2.95. The van der Waals surface area contributed by atoms with Gasteiger partial charge in [-0.1, -0.05) is 11.6 Å². The number of nitrogens with one attached hydrogen (secondary N) is 1. The molecule has 0 bridgehead atoms. The second-order valence-corrected chi connectivity index (χ2v) is 4.75. The summed E-state index contributed by atoms with van der Waals surface area (Å²) in [6.45, 7) is 3.64. The van der Waals surface area contributed by atoms with Crippen LogP contribution in [0.25, 0.3) is 0 Å². The maximum absolute atomic E-state index is 12.2. The number of hydrogen-bond acceptors (Lipinski definition) is 3. The molecule has 20 heavy (non-hydrogen) atoms. The molecule has 0 saturated heterocycles. The van der Waals surface area contributed by atoms with E-state index < -0.39 is 0 Å². The molecule has 1 N–H and O–H groups in total. The smallest absolute Gasteiger partial charge is 0.257 e. The van der Waals surface area contributed by atoms with Crippen LogP contribution in [0.2, 0.25) is 5.02 Å². The third-order valence-corrected chi connectivity index (χ3v) is 3.14. The molecule has 2 rings (SSSR count). The Labute approximate surface area is 122 Å². The molecule has 4 nitrogen and oxygen atoms in total. The summed E-state index contributed by atoms with van der Waals surface area (Å²) in [5.74, 6) is -0.299. The molecule has 0 radical (unpaired) electrons. The van der Waals surface area contributed by atoms with Gasteiger partial charge in [0.15, 0.2) is 0 Å². The highest BCUT2D eigenvalue weighted by atomic mass is 35.5. The van der Waals surface area contributed by atoms with Crippen LogP contribution in [0.4, 0.5) is 5.69 Å². The van der Waals surface area contributed by atoms with Gasteiger partial charge in [-0.2, -0.15) is 5.26 Å². The highest BCUT2D eigenvalue weighted by Gasteiger charge is 2.12. The van der Waals surface area contributed by atoms with Crippen LogP contribution in [0, 0.1) is 25.2 Å². The molecule has 0 aliphatic carbocycles. The van der Waals surface area contributed by atoms with E-state index in [9.17, 15) is 4.79 Å². The SMILES string of the molecule is Cc1ccc(C(=O)Nc2cc(C#N)ccc2Cl)c(C)n1. The molecule has 1 heterocycles. The fraction of sp³-hybridized carbons (Fsp3) is 0.133. The van der Waals surface area contributed by atoms with Gasteiger partial charge in [-0.15, -0.1) is 0 Å². The highest BCUT2D eigenvalue weighted by Crippen LogP contribution is 2.23. The Kier molecular flexibility index (Phi) is 4.02. The number of nitriles is 1. The highest BCUT2D eigenvalue weighted by molar-refractivity contribution is 6.34. The molecule has 0 fully saturated rings. The maximum atomic E-state index is 12.2. The molecule has 0 unspecified atom stereocenters. The summed E-state index contributed by atoms with van der Waals surface area (Å²) in [5.41, 5.74) is 2.83. The number of anilines is 1. The van der Waals surface area contributed by atoms with Crippen LogP contribution in [0.5, 0.6) is 0 Å². The largest absolute Gasteiger partial charge is 0.321 e. The maximum Gasteiger partial charge on any atom is 0.257 e. The Bertz CT molecular complexity index is 720. The fourth-order valence-electron chi connectivity index (χ4n) is 1.81. The van der Waals surface area contributed by atoms with Crippen molar-refractivity contribution in [2.75, 3.05) is 5.32 Å².